The van der Waals surface area contributed by atoms with E-state index < -0.39 is 6.10 Å². The molecule has 2 aliphatic carbocycles. The fraction of sp³-hybridized carbons (Fsp3) is 0.526. The molecule has 0 unspecified atom stereocenters. The minimum absolute atomic E-state index is 0.0443. The molecule has 48 heavy (non-hydrogen) atoms. The number of rotatable bonds is 13. The molecule has 10 heteroatoms. The Balaban J connectivity index is 1.41. The number of aromatic hydroxyl groups is 1. The molecule has 3 aromatic rings. The number of ketones is 1. The Hall–Kier alpha value is -3.36. The minimum Gasteiger partial charge on any atom is -0.508 e. The molecule has 2 aromatic heterocycles. The number of Topliss-reactive ketones (excluding diaryl/α,β-unsaturated/α-hetero) is 1. The molecule has 1 aromatic carbocycles. The first kappa shape index (κ1) is 35.9. The zero-order valence-corrected chi connectivity index (χ0v) is 29.9. The Labute approximate surface area is 292 Å². The Morgan fingerprint density at radius 1 is 1.12 bits per heavy atom. The predicted octanol–water partition coefficient (Wildman–Crippen LogP) is 6.65. The summed E-state index contributed by atoms with van der Waals surface area (Å²) >= 11 is 3.26. The van der Waals surface area contributed by atoms with Crippen molar-refractivity contribution in [1.29, 1.82) is 0 Å². The highest BCUT2D eigenvalue weighted by atomic mass is 32.1. The number of carbonyl (C=O) groups excluding carboxylic acids is 1. The first-order valence-electron chi connectivity index (χ1n) is 17.1. The molecule has 0 radical (unpaired) electrons. The lowest BCUT2D eigenvalue weighted by Gasteiger charge is -2.47. The van der Waals surface area contributed by atoms with Gasteiger partial charge in [-0.1, -0.05) is 5.92 Å². The summed E-state index contributed by atoms with van der Waals surface area (Å²) in [7, 11) is 1.68. The van der Waals surface area contributed by atoms with Crippen molar-refractivity contribution in [2.45, 2.75) is 83.8 Å². The second kappa shape index (κ2) is 16.4. The van der Waals surface area contributed by atoms with E-state index in [-0.39, 0.29) is 41.4 Å². The molecule has 8 nitrogen and oxygen atoms in total. The predicted molar refractivity (Wildman–Crippen MR) is 198 cm³/mol. The summed E-state index contributed by atoms with van der Waals surface area (Å²) in [6.45, 7) is 4.14. The Bertz CT molecular complexity index is 1640. The molecule has 0 aliphatic heterocycles. The van der Waals surface area contributed by atoms with Crippen molar-refractivity contribution < 1.29 is 20.1 Å². The molecule has 2 heterocycles. The van der Waals surface area contributed by atoms with Crippen molar-refractivity contribution in [1.82, 2.24) is 5.32 Å². The third kappa shape index (κ3) is 8.80. The molecule has 0 amide bonds. The van der Waals surface area contributed by atoms with E-state index in [1.807, 2.05) is 25.1 Å². The quantitative estimate of drug-likeness (QED) is 0.0511. The van der Waals surface area contributed by atoms with Crippen LogP contribution in [0, 0.1) is 35.0 Å². The molecule has 2 fully saturated rings. The SMILES string of the molecule is CC#Cc1ccc(-c2ccc(C(=O)[C@H]3CC[C@H]([C@@H](Cc4cc(O)cc(NC[C@H](C)O)c4)NC(N)=NC)C[C@@]34CC[C@H](CCCO)C4)s2)s1. The summed E-state index contributed by atoms with van der Waals surface area (Å²) in [5.41, 5.74) is 7.86. The molecule has 5 rings (SSSR count). The van der Waals surface area contributed by atoms with Crippen molar-refractivity contribution in [3.8, 4) is 27.3 Å². The zero-order valence-electron chi connectivity index (χ0n) is 28.3. The van der Waals surface area contributed by atoms with Gasteiger partial charge in [0, 0.05) is 53.7 Å². The highest BCUT2D eigenvalue weighted by Crippen LogP contribution is 2.58. The van der Waals surface area contributed by atoms with E-state index in [1.165, 1.54) is 0 Å². The average Bonchev–Trinajstić information content (AvgIpc) is 3.83. The third-order valence-electron chi connectivity index (χ3n) is 10.2. The van der Waals surface area contributed by atoms with Gasteiger partial charge in [0.1, 0.15) is 5.75 Å². The van der Waals surface area contributed by atoms with Gasteiger partial charge in [-0.3, -0.25) is 9.79 Å². The second-order valence-corrected chi connectivity index (χ2v) is 15.8. The standard InChI is InChI=1S/C38H50N4O4S2/c1-4-6-30-9-11-33(47-30)34-12-13-35(48-34)36(46)31-10-8-27(22-38(31)15-14-25(21-38)7-5-16-43)32(42-37(39)40-3)19-26-17-28(20-29(45)18-26)41-23-24(2)44/h9,11-13,17-18,20,24-25,27,31-32,41,43-45H,5,7-8,10,14-16,19,21-23H2,1-3H3,(H3,39,40,42)/t24-,25-,27-,31+,32+,38-/m0/s1. The maximum absolute atomic E-state index is 14.5. The molecule has 6 atom stereocenters. The number of thiophene rings is 2. The van der Waals surface area contributed by atoms with Crippen LogP contribution in [0.25, 0.3) is 9.75 Å². The smallest absolute Gasteiger partial charge is 0.188 e. The van der Waals surface area contributed by atoms with Crippen LogP contribution in [0.5, 0.6) is 5.75 Å². The minimum atomic E-state index is -0.516. The lowest BCUT2D eigenvalue weighted by atomic mass is 9.58. The molecule has 0 saturated heterocycles. The van der Waals surface area contributed by atoms with Gasteiger partial charge in [0.15, 0.2) is 11.7 Å². The Morgan fingerprint density at radius 2 is 1.92 bits per heavy atom. The number of hydrogen-bond donors (Lipinski definition) is 6. The maximum Gasteiger partial charge on any atom is 0.188 e. The molecule has 7 N–H and O–H groups in total. The van der Waals surface area contributed by atoms with Gasteiger partial charge >= 0.3 is 0 Å². The number of benzene rings is 1. The van der Waals surface area contributed by atoms with E-state index in [1.54, 1.807) is 48.8 Å². The van der Waals surface area contributed by atoms with Gasteiger partial charge in [0.2, 0.25) is 0 Å². The number of aliphatic hydroxyl groups excluding tert-OH is 2. The molecular weight excluding hydrogens is 641 g/mol. The van der Waals surface area contributed by atoms with Gasteiger partial charge in [-0.2, -0.15) is 0 Å². The zero-order chi connectivity index (χ0) is 34.3. The Morgan fingerprint density at radius 3 is 2.67 bits per heavy atom. The van der Waals surface area contributed by atoms with Crippen molar-refractivity contribution in [2.24, 2.45) is 33.9 Å². The summed E-state index contributed by atoms with van der Waals surface area (Å²) in [5, 5.41) is 36.6. The van der Waals surface area contributed by atoms with Gasteiger partial charge in [0.05, 0.1) is 15.9 Å². The molecule has 2 aliphatic rings. The van der Waals surface area contributed by atoms with Crippen LogP contribution in [0.1, 0.15) is 85.3 Å². The highest BCUT2D eigenvalue weighted by molar-refractivity contribution is 7.23. The number of phenolic OH excluding ortho intramolecular Hbond substituents is 1. The van der Waals surface area contributed by atoms with Crippen LogP contribution >= 0.6 is 22.7 Å². The number of aliphatic imine (C=N–C) groups is 1. The van der Waals surface area contributed by atoms with Crippen LogP contribution in [-0.2, 0) is 6.42 Å². The van der Waals surface area contributed by atoms with Crippen LogP contribution in [0.4, 0.5) is 5.69 Å². The molecule has 1 spiro atoms. The van der Waals surface area contributed by atoms with Gasteiger partial charge in [-0.05, 0) is 131 Å². The molecule has 258 valence electrons. The van der Waals surface area contributed by atoms with Crippen LogP contribution in [0.3, 0.4) is 0 Å². The second-order valence-electron chi connectivity index (χ2n) is 13.7. The number of nitrogens with two attached hydrogens (primary N) is 1. The number of anilines is 1. The summed E-state index contributed by atoms with van der Waals surface area (Å²) in [4.78, 5) is 22.8. The molecule has 2 saturated carbocycles. The van der Waals surface area contributed by atoms with Gasteiger partial charge in [-0.25, -0.2) is 0 Å². The van der Waals surface area contributed by atoms with Crippen molar-refractivity contribution in [2.75, 3.05) is 25.5 Å². The monoisotopic (exact) mass is 690 g/mol. The van der Waals surface area contributed by atoms with E-state index >= 15 is 0 Å². The van der Waals surface area contributed by atoms with Crippen LogP contribution in [-0.4, -0.2) is 59.4 Å². The van der Waals surface area contributed by atoms with E-state index in [0.717, 1.165) is 82.1 Å². The third-order valence-corrected chi connectivity index (χ3v) is 12.5. The molecular formula is C38H50N4O4S2. The van der Waals surface area contributed by atoms with Crippen LogP contribution in [0.15, 0.2) is 47.5 Å². The van der Waals surface area contributed by atoms with Gasteiger partial charge in [0.25, 0.3) is 0 Å². The fourth-order valence-electron chi connectivity index (χ4n) is 8.04. The number of nitrogens with one attached hydrogen (secondary N) is 2. The van der Waals surface area contributed by atoms with E-state index in [4.69, 9.17) is 5.73 Å². The van der Waals surface area contributed by atoms with Crippen LogP contribution < -0.4 is 16.4 Å². The van der Waals surface area contributed by atoms with E-state index in [2.05, 4.69) is 39.6 Å². The average molecular weight is 691 g/mol. The topological polar surface area (TPSA) is 140 Å². The number of nitrogens with zero attached hydrogens (tertiary/aromatic N) is 1. The number of phenols is 1. The Kier molecular flexibility index (Phi) is 12.2. The van der Waals surface area contributed by atoms with Crippen LogP contribution in [0.2, 0.25) is 0 Å². The summed E-state index contributed by atoms with van der Waals surface area (Å²) < 4.78 is 0. The summed E-state index contributed by atoms with van der Waals surface area (Å²) in [5.74, 6) is 7.58. The number of carbonyl (C=O) groups is 1. The van der Waals surface area contributed by atoms with E-state index in [9.17, 15) is 20.1 Å². The molecule has 0 bridgehead atoms. The maximum atomic E-state index is 14.5. The van der Waals surface area contributed by atoms with Crippen molar-refractivity contribution in [3.05, 3.63) is 57.8 Å². The van der Waals surface area contributed by atoms with Crippen molar-refractivity contribution >= 4 is 40.1 Å². The first-order chi connectivity index (χ1) is 23.1. The summed E-state index contributed by atoms with van der Waals surface area (Å²) in [6, 6.07) is 13.7. The first-order valence-corrected chi connectivity index (χ1v) is 18.8. The largest absolute Gasteiger partial charge is 0.508 e. The highest BCUT2D eigenvalue weighted by Gasteiger charge is 2.52. The van der Waals surface area contributed by atoms with E-state index in [0.29, 0.717) is 24.8 Å². The van der Waals surface area contributed by atoms with Gasteiger partial charge < -0.3 is 31.7 Å². The van der Waals surface area contributed by atoms with Crippen molar-refractivity contribution in [3.63, 3.8) is 0 Å². The number of hydrogen-bond acceptors (Lipinski definition) is 8. The fourth-order valence-corrected chi connectivity index (χ4v) is 10.0. The van der Waals surface area contributed by atoms with Gasteiger partial charge in [-0.15, -0.1) is 28.6 Å². The lowest BCUT2D eigenvalue weighted by molar-refractivity contribution is 0.0386. The lowest BCUT2D eigenvalue weighted by Crippen LogP contribution is -2.50. The summed E-state index contributed by atoms with van der Waals surface area (Å²) in [6.07, 6.45) is 7.54. The number of guanidine groups is 1. The normalized spacial score (nSPS) is 23.8. The number of aliphatic hydroxyl groups is 2.